The van der Waals surface area contributed by atoms with Gasteiger partial charge in [0.25, 0.3) is 11.7 Å². The van der Waals surface area contributed by atoms with E-state index < -0.39 is 17.7 Å². The SMILES string of the molecule is COc1ccc(OC)c(/C(O)=C2\C(=O)C(=O)N(Cc3ccncc3)C2c2ccc(C(C)C)cc2)c1. The number of benzene rings is 2. The van der Waals surface area contributed by atoms with Crippen LogP contribution in [-0.2, 0) is 16.1 Å². The highest BCUT2D eigenvalue weighted by atomic mass is 16.5. The number of ketones is 1. The summed E-state index contributed by atoms with van der Waals surface area (Å²) in [6, 6.07) is 15.5. The van der Waals surface area contributed by atoms with Crippen molar-refractivity contribution in [2.75, 3.05) is 14.2 Å². The zero-order valence-corrected chi connectivity index (χ0v) is 20.2. The number of likely N-dealkylation sites (tertiary alicyclic amines) is 1. The van der Waals surface area contributed by atoms with Crippen LogP contribution < -0.4 is 9.47 Å². The zero-order chi connectivity index (χ0) is 25.1. The predicted octanol–water partition coefficient (Wildman–Crippen LogP) is 4.84. The van der Waals surface area contributed by atoms with Crippen LogP contribution in [0.1, 0.15) is 48.1 Å². The number of aromatic nitrogens is 1. The van der Waals surface area contributed by atoms with Crippen molar-refractivity contribution in [2.45, 2.75) is 32.4 Å². The van der Waals surface area contributed by atoms with Crippen LogP contribution in [0.15, 0.2) is 72.6 Å². The molecular formula is C28H28N2O5. The third-order valence-electron chi connectivity index (χ3n) is 6.22. The minimum absolute atomic E-state index is 0.00732. The highest BCUT2D eigenvalue weighted by molar-refractivity contribution is 6.46. The van der Waals surface area contributed by atoms with E-state index in [0.29, 0.717) is 17.4 Å². The molecule has 7 nitrogen and oxygen atoms in total. The molecule has 0 saturated carbocycles. The fraction of sp³-hybridized carbons (Fsp3) is 0.250. The van der Waals surface area contributed by atoms with Crippen LogP contribution in [0.25, 0.3) is 5.76 Å². The van der Waals surface area contributed by atoms with E-state index in [-0.39, 0.29) is 23.4 Å². The van der Waals surface area contributed by atoms with Crippen molar-refractivity contribution < 1.29 is 24.2 Å². The van der Waals surface area contributed by atoms with E-state index in [2.05, 4.69) is 18.8 Å². The number of carbonyl (C=O) groups excluding carboxylic acids is 2. The minimum Gasteiger partial charge on any atom is -0.507 e. The number of nitrogens with zero attached hydrogens (tertiary/aromatic N) is 2. The van der Waals surface area contributed by atoms with Crippen LogP contribution in [0.5, 0.6) is 11.5 Å². The molecule has 1 unspecified atom stereocenters. The molecule has 1 atom stereocenters. The Morgan fingerprint density at radius 1 is 1.00 bits per heavy atom. The number of ether oxygens (including phenoxy) is 2. The van der Waals surface area contributed by atoms with Crippen molar-refractivity contribution >= 4 is 17.4 Å². The molecule has 0 spiro atoms. The van der Waals surface area contributed by atoms with Gasteiger partial charge in [-0.1, -0.05) is 38.1 Å². The number of aliphatic hydroxyl groups excluding tert-OH is 1. The molecule has 1 aliphatic heterocycles. The third-order valence-corrected chi connectivity index (χ3v) is 6.22. The molecule has 35 heavy (non-hydrogen) atoms. The van der Waals surface area contributed by atoms with Gasteiger partial charge >= 0.3 is 0 Å². The van der Waals surface area contributed by atoms with Crippen LogP contribution in [-0.4, -0.2) is 40.9 Å². The van der Waals surface area contributed by atoms with Gasteiger partial charge in [-0.15, -0.1) is 0 Å². The summed E-state index contributed by atoms with van der Waals surface area (Å²) in [6.45, 7) is 4.38. The first-order valence-electron chi connectivity index (χ1n) is 11.3. The molecule has 1 aliphatic rings. The van der Waals surface area contributed by atoms with Gasteiger partial charge in [-0.3, -0.25) is 14.6 Å². The fourth-order valence-corrected chi connectivity index (χ4v) is 4.28. The standard InChI is InChI=1S/C28H28N2O5/c1-17(2)19-5-7-20(8-6-19)25-24(26(31)22-15-21(34-3)9-10-23(22)35-4)27(32)28(33)30(25)16-18-11-13-29-14-12-18/h5-15,17,25,31H,16H2,1-4H3/b26-24+. The molecule has 1 amide bonds. The molecule has 1 aromatic heterocycles. The Balaban J connectivity index is 1.90. The summed E-state index contributed by atoms with van der Waals surface area (Å²) < 4.78 is 10.7. The number of hydrogen-bond donors (Lipinski definition) is 1. The van der Waals surface area contributed by atoms with Gasteiger partial charge in [-0.25, -0.2) is 0 Å². The average Bonchev–Trinajstić information content (AvgIpc) is 3.13. The van der Waals surface area contributed by atoms with Crippen LogP contribution in [0.4, 0.5) is 0 Å². The highest BCUT2D eigenvalue weighted by Gasteiger charge is 2.46. The summed E-state index contributed by atoms with van der Waals surface area (Å²) in [7, 11) is 2.98. The van der Waals surface area contributed by atoms with Crippen molar-refractivity contribution in [3.63, 3.8) is 0 Å². The van der Waals surface area contributed by atoms with Crippen LogP contribution in [0.2, 0.25) is 0 Å². The van der Waals surface area contributed by atoms with E-state index in [1.807, 2.05) is 24.3 Å². The number of rotatable bonds is 7. The number of methoxy groups -OCH3 is 2. The van der Waals surface area contributed by atoms with Gasteiger partial charge in [0.2, 0.25) is 0 Å². The monoisotopic (exact) mass is 472 g/mol. The minimum atomic E-state index is -0.778. The second-order valence-electron chi connectivity index (χ2n) is 8.67. The molecule has 1 saturated heterocycles. The quantitative estimate of drug-likeness (QED) is 0.301. The molecule has 4 rings (SSSR count). The van der Waals surface area contributed by atoms with E-state index in [1.165, 1.54) is 19.1 Å². The van der Waals surface area contributed by atoms with E-state index in [1.54, 1.807) is 42.7 Å². The molecule has 0 radical (unpaired) electrons. The van der Waals surface area contributed by atoms with E-state index >= 15 is 0 Å². The summed E-state index contributed by atoms with van der Waals surface area (Å²) >= 11 is 0. The molecule has 0 aliphatic carbocycles. The van der Waals surface area contributed by atoms with Gasteiger partial charge in [0.1, 0.15) is 17.3 Å². The van der Waals surface area contributed by atoms with Crippen molar-refractivity contribution in [2.24, 2.45) is 0 Å². The number of carbonyl (C=O) groups is 2. The highest BCUT2D eigenvalue weighted by Crippen LogP contribution is 2.42. The summed E-state index contributed by atoms with van der Waals surface area (Å²) in [4.78, 5) is 32.1. The second-order valence-corrected chi connectivity index (χ2v) is 8.67. The summed E-state index contributed by atoms with van der Waals surface area (Å²) in [5.41, 5.74) is 2.97. The Bertz CT molecular complexity index is 1270. The van der Waals surface area contributed by atoms with Crippen molar-refractivity contribution in [1.29, 1.82) is 0 Å². The lowest BCUT2D eigenvalue weighted by Crippen LogP contribution is -2.29. The maximum absolute atomic E-state index is 13.3. The molecule has 7 heteroatoms. The fourth-order valence-electron chi connectivity index (χ4n) is 4.28. The maximum Gasteiger partial charge on any atom is 0.295 e. The average molecular weight is 473 g/mol. The Morgan fingerprint density at radius 2 is 1.69 bits per heavy atom. The Morgan fingerprint density at radius 3 is 2.29 bits per heavy atom. The largest absolute Gasteiger partial charge is 0.507 e. The smallest absolute Gasteiger partial charge is 0.295 e. The van der Waals surface area contributed by atoms with Gasteiger partial charge in [0.05, 0.1) is 31.4 Å². The van der Waals surface area contributed by atoms with Crippen LogP contribution in [0, 0.1) is 0 Å². The van der Waals surface area contributed by atoms with E-state index in [9.17, 15) is 14.7 Å². The maximum atomic E-state index is 13.3. The van der Waals surface area contributed by atoms with E-state index in [0.717, 1.165) is 16.7 Å². The van der Waals surface area contributed by atoms with E-state index in [4.69, 9.17) is 9.47 Å². The van der Waals surface area contributed by atoms with Gasteiger partial charge in [0.15, 0.2) is 0 Å². The van der Waals surface area contributed by atoms with Gasteiger partial charge in [-0.05, 0) is 52.9 Å². The second kappa shape index (κ2) is 10.0. The lowest BCUT2D eigenvalue weighted by Gasteiger charge is -2.26. The number of amides is 1. The van der Waals surface area contributed by atoms with Gasteiger partial charge in [0, 0.05) is 18.9 Å². The Labute approximate surface area is 204 Å². The zero-order valence-electron chi connectivity index (χ0n) is 20.2. The predicted molar refractivity (Wildman–Crippen MR) is 132 cm³/mol. The summed E-state index contributed by atoms with van der Waals surface area (Å²) in [5, 5.41) is 11.4. The first-order valence-corrected chi connectivity index (χ1v) is 11.3. The normalized spacial score (nSPS) is 17.2. The molecular weight excluding hydrogens is 444 g/mol. The Kier molecular flexibility index (Phi) is 6.87. The third kappa shape index (κ3) is 4.62. The number of hydrogen-bond acceptors (Lipinski definition) is 6. The molecule has 2 heterocycles. The summed E-state index contributed by atoms with van der Waals surface area (Å²) in [5.74, 6) is -0.571. The Hall–Kier alpha value is -4.13. The van der Waals surface area contributed by atoms with Crippen molar-refractivity contribution in [3.8, 4) is 11.5 Å². The van der Waals surface area contributed by atoms with Crippen molar-refractivity contribution in [3.05, 3.63) is 94.8 Å². The van der Waals surface area contributed by atoms with Crippen LogP contribution >= 0.6 is 0 Å². The van der Waals surface area contributed by atoms with Crippen LogP contribution in [0.3, 0.4) is 0 Å². The molecule has 1 N–H and O–H groups in total. The lowest BCUT2D eigenvalue weighted by molar-refractivity contribution is -0.140. The molecule has 2 aromatic carbocycles. The van der Waals surface area contributed by atoms with Gasteiger partial charge in [-0.2, -0.15) is 0 Å². The molecule has 180 valence electrons. The van der Waals surface area contributed by atoms with Gasteiger partial charge < -0.3 is 19.5 Å². The number of Topliss-reactive ketones (excluding diaryl/α,β-unsaturated/α-hetero) is 1. The lowest BCUT2D eigenvalue weighted by atomic mass is 9.93. The first-order chi connectivity index (χ1) is 16.8. The number of pyridine rings is 1. The number of aliphatic hydroxyl groups is 1. The molecule has 0 bridgehead atoms. The first kappa shape index (κ1) is 24.0. The molecule has 3 aromatic rings. The molecule has 1 fully saturated rings. The topological polar surface area (TPSA) is 89.0 Å². The van der Waals surface area contributed by atoms with Crippen molar-refractivity contribution in [1.82, 2.24) is 9.88 Å². The summed E-state index contributed by atoms with van der Waals surface area (Å²) in [6.07, 6.45) is 3.28.